The summed E-state index contributed by atoms with van der Waals surface area (Å²) in [5.74, 6) is 0. The van der Waals surface area contributed by atoms with Crippen molar-refractivity contribution in [2.45, 2.75) is 163 Å². The van der Waals surface area contributed by atoms with E-state index in [0.717, 1.165) is 31.2 Å². The van der Waals surface area contributed by atoms with Gasteiger partial charge in [-0.2, -0.15) is 0 Å². The van der Waals surface area contributed by atoms with Crippen molar-refractivity contribution in [2.75, 3.05) is 0 Å². The Morgan fingerprint density at radius 1 is 0.308 bits per heavy atom. The molecule has 0 bridgehead atoms. The summed E-state index contributed by atoms with van der Waals surface area (Å²) in [6.45, 7) is 15.3. The Bertz CT molecular complexity index is 2250. The minimum atomic E-state index is 1.11. The Labute approximate surface area is 397 Å². The molecule has 0 atom stereocenters. The molecule has 0 amide bonds. The van der Waals surface area contributed by atoms with Crippen molar-refractivity contribution in [1.82, 2.24) is 0 Å². The third kappa shape index (κ3) is 18.0. The second-order valence-electron chi connectivity index (χ2n) is 18.5. The van der Waals surface area contributed by atoms with Crippen molar-refractivity contribution in [3.05, 3.63) is 182 Å². The van der Waals surface area contributed by atoms with Gasteiger partial charge in [-0.25, -0.2) is 0 Å². The molecule has 0 heteroatoms. The maximum Gasteiger partial charge on any atom is -0.0221 e. The predicted molar refractivity (Wildman–Crippen MR) is 294 cm³/mol. The molecule has 0 fully saturated rings. The topological polar surface area (TPSA) is 0 Å². The first kappa shape index (κ1) is 50.8. The van der Waals surface area contributed by atoms with Crippen LogP contribution in [0.2, 0.25) is 0 Å². The van der Waals surface area contributed by atoms with Crippen molar-refractivity contribution in [3.8, 4) is 0 Å². The second-order valence-corrected chi connectivity index (χ2v) is 18.5. The van der Waals surface area contributed by atoms with Crippen LogP contribution < -0.4 is 0 Å². The fourth-order valence-corrected chi connectivity index (χ4v) is 8.79. The number of benzene rings is 5. The molecule has 0 aliphatic heterocycles. The molecule has 0 radical (unpaired) electrons. The van der Waals surface area contributed by atoms with E-state index >= 15 is 0 Å². The molecule has 342 valence electrons. The smallest absolute Gasteiger partial charge is 0.0221 e. The fourth-order valence-electron chi connectivity index (χ4n) is 8.79. The molecule has 0 aliphatic rings. The average molecular weight is 863 g/mol. The van der Waals surface area contributed by atoms with Crippen LogP contribution >= 0.6 is 0 Å². The van der Waals surface area contributed by atoms with Gasteiger partial charge in [-0.05, 0) is 131 Å². The highest BCUT2D eigenvalue weighted by atomic mass is 14.2. The lowest BCUT2D eigenvalue weighted by Crippen LogP contribution is -1.98. The van der Waals surface area contributed by atoms with Gasteiger partial charge in [0.2, 0.25) is 0 Å². The third-order valence-electron chi connectivity index (χ3n) is 13.0. The number of hydrogen-bond acceptors (Lipinski definition) is 0. The number of aryl methyl sites for hydroxylation is 5. The van der Waals surface area contributed by atoms with Gasteiger partial charge in [-0.3, -0.25) is 0 Å². The molecule has 5 rings (SSSR count). The van der Waals surface area contributed by atoms with Gasteiger partial charge in [0.25, 0.3) is 0 Å². The minimum absolute atomic E-state index is 1.11. The van der Waals surface area contributed by atoms with Gasteiger partial charge in [0.05, 0.1) is 0 Å². The molecule has 65 heavy (non-hydrogen) atoms. The number of hydrogen-bond donors (Lipinski definition) is 0. The van der Waals surface area contributed by atoms with Crippen LogP contribution in [0.4, 0.5) is 0 Å². The largest absolute Gasteiger partial charge is 0.0985 e. The first-order chi connectivity index (χ1) is 31.9. The second kappa shape index (κ2) is 29.4. The molecule has 5 aromatic carbocycles. The Morgan fingerprint density at radius 2 is 0.554 bits per heavy atom. The molecule has 0 nitrogen and oxygen atoms in total. The Morgan fingerprint density at radius 3 is 0.800 bits per heavy atom. The van der Waals surface area contributed by atoms with Crippen molar-refractivity contribution in [1.29, 1.82) is 0 Å². The third-order valence-corrected chi connectivity index (χ3v) is 13.0. The summed E-state index contributed by atoms with van der Waals surface area (Å²) in [6, 6.07) is 36.8. The van der Waals surface area contributed by atoms with Gasteiger partial charge in [0.1, 0.15) is 0 Å². The minimum Gasteiger partial charge on any atom is -0.0985 e. The molecule has 5 aromatic rings. The lowest BCUT2D eigenvalue weighted by Gasteiger charge is -2.14. The molecular formula is C65H82. The van der Waals surface area contributed by atoms with Gasteiger partial charge >= 0.3 is 0 Å². The van der Waals surface area contributed by atoms with E-state index in [9.17, 15) is 0 Å². The van der Waals surface area contributed by atoms with Crippen LogP contribution in [0.5, 0.6) is 0 Å². The van der Waals surface area contributed by atoms with Gasteiger partial charge in [0.15, 0.2) is 0 Å². The van der Waals surface area contributed by atoms with E-state index in [1.807, 2.05) is 6.08 Å². The lowest BCUT2D eigenvalue weighted by atomic mass is 9.91. The van der Waals surface area contributed by atoms with Crippen LogP contribution in [0.15, 0.2) is 104 Å². The predicted octanol–water partition coefficient (Wildman–Crippen LogP) is 19.8. The van der Waals surface area contributed by atoms with E-state index in [4.69, 9.17) is 0 Å². The molecule has 0 saturated carbocycles. The normalized spacial score (nSPS) is 11.9. The molecule has 0 spiro atoms. The van der Waals surface area contributed by atoms with Gasteiger partial charge in [-0.15, -0.1) is 0 Å². The zero-order valence-electron chi connectivity index (χ0n) is 41.3. The van der Waals surface area contributed by atoms with E-state index < -0.39 is 0 Å². The monoisotopic (exact) mass is 863 g/mol. The van der Waals surface area contributed by atoms with Crippen LogP contribution in [0.25, 0.3) is 54.7 Å². The van der Waals surface area contributed by atoms with Crippen molar-refractivity contribution in [3.63, 3.8) is 0 Å². The highest BCUT2D eigenvalue weighted by molar-refractivity contribution is 5.79. The zero-order valence-corrected chi connectivity index (χ0v) is 41.3. The molecule has 0 unspecified atom stereocenters. The summed E-state index contributed by atoms with van der Waals surface area (Å²) in [6.07, 6.45) is 45.4. The standard InChI is InChI=1S/C65H82/c1-7-12-16-20-24-58-49-64(59(25-21-17-13-8-2)48-62(58)44-40-54-30-28-52(6)29-31-54)46-42-56-36-38-57(39-37-56)43-47-65-51-60(26-22-18-14-9-3)63(50-61(65)27-23-19-15-10-4)45-41-55-34-32-53(11-5)33-35-55/h11,28-51H,5,7-10,12-27H2,1-4,6H3/b44-40+,45-41+,46-42+,47-43+. The van der Waals surface area contributed by atoms with Crippen LogP contribution in [-0.2, 0) is 25.7 Å². The summed E-state index contributed by atoms with van der Waals surface area (Å²) in [5.41, 5.74) is 18.8. The molecule has 0 heterocycles. The van der Waals surface area contributed by atoms with Crippen molar-refractivity contribution in [2.24, 2.45) is 0 Å². The molecule has 0 N–H and O–H groups in total. The summed E-state index contributed by atoms with van der Waals surface area (Å²) < 4.78 is 0. The zero-order chi connectivity index (χ0) is 45.9. The lowest BCUT2D eigenvalue weighted by molar-refractivity contribution is 0.663. The van der Waals surface area contributed by atoms with Gasteiger partial charge in [-0.1, -0.05) is 269 Å². The number of unbranched alkanes of at least 4 members (excludes halogenated alkanes) is 12. The first-order valence-electron chi connectivity index (χ1n) is 25.9. The number of rotatable bonds is 29. The van der Waals surface area contributed by atoms with Crippen LogP contribution in [0, 0.1) is 6.92 Å². The SMILES string of the molecule is C=Cc1ccc(/C=C/c2cc(CCCCCC)c(/C=C/c3ccc(/C=C/c4cc(CCCCCC)c(/C=C/c5ccc(C)cc5)cc4CCCCCC)cc3)cc2CCCCCC)cc1. The summed E-state index contributed by atoms with van der Waals surface area (Å²) in [5, 5.41) is 0. The van der Waals surface area contributed by atoms with Gasteiger partial charge in [0, 0.05) is 0 Å². The summed E-state index contributed by atoms with van der Waals surface area (Å²) >= 11 is 0. The molecular weight excluding hydrogens is 781 g/mol. The van der Waals surface area contributed by atoms with Crippen LogP contribution in [0.1, 0.15) is 208 Å². The molecule has 0 saturated heterocycles. The van der Waals surface area contributed by atoms with Crippen LogP contribution in [0.3, 0.4) is 0 Å². The summed E-state index contributed by atoms with van der Waals surface area (Å²) in [7, 11) is 0. The van der Waals surface area contributed by atoms with E-state index in [0.29, 0.717) is 0 Å². The van der Waals surface area contributed by atoms with Gasteiger partial charge < -0.3 is 0 Å². The van der Waals surface area contributed by atoms with Crippen molar-refractivity contribution >= 4 is 54.7 Å². The quantitative estimate of drug-likeness (QED) is 0.0332. The van der Waals surface area contributed by atoms with E-state index in [-0.39, 0.29) is 0 Å². The highest BCUT2D eigenvalue weighted by Crippen LogP contribution is 2.28. The Kier molecular flexibility index (Phi) is 22.9. The van der Waals surface area contributed by atoms with E-state index in [1.54, 1.807) is 0 Å². The van der Waals surface area contributed by atoms with E-state index in [2.05, 4.69) is 187 Å². The van der Waals surface area contributed by atoms with Crippen molar-refractivity contribution < 1.29 is 0 Å². The Hall–Kier alpha value is -5.20. The average Bonchev–Trinajstić information content (AvgIpc) is 3.33. The first-order valence-corrected chi connectivity index (χ1v) is 25.9. The maximum atomic E-state index is 3.93. The molecule has 0 aliphatic carbocycles. The molecule has 0 aromatic heterocycles. The van der Waals surface area contributed by atoms with E-state index in [1.165, 1.54) is 175 Å². The summed E-state index contributed by atoms with van der Waals surface area (Å²) in [4.78, 5) is 0. The fraction of sp³-hybridized carbons (Fsp3) is 0.385. The Balaban J connectivity index is 1.42. The highest BCUT2D eigenvalue weighted by Gasteiger charge is 2.11. The van der Waals surface area contributed by atoms with Crippen LogP contribution in [-0.4, -0.2) is 0 Å². The maximum absolute atomic E-state index is 3.93.